The zero-order valence-electron chi connectivity index (χ0n) is 20.0. The van der Waals surface area contributed by atoms with E-state index in [1.165, 1.54) is 35.2 Å². The van der Waals surface area contributed by atoms with Crippen LogP contribution in [0, 0.1) is 11.8 Å². The molecule has 2 aliphatic carbocycles. The summed E-state index contributed by atoms with van der Waals surface area (Å²) in [7, 11) is 0. The van der Waals surface area contributed by atoms with Crippen molar-refractivity contribution in [2.75, 3.05) is 6.61 Å². The van der Waals surface area contributed by atoms with Crippen LogP contribution < -0.4 is 14.8 Å². The first-order valence-corrected chi connectivity index (χ1v) is 12.9. The quantitative estimate of drug-likeness (QED) is 0.231. The van der Waals surface area contributed by atoms with Crippen LogP contribution in [0.1, 0.15) is 48.5 Å². The molecule has 3 aliphatic rings. The third kappa shape index (κ3) is 4.95. The number of hydrogen-bond acceptors (Lipinski definition) is 6. The molecule has 0 spiro atoms. The number of nitrogens with zero attached hydrogens (tertiary/aromatic N) is 1. The van der Waals surface area contributed by atoms with E-state index in [9.17, 15) is 19.2 Å². The Balaban J connectivity index is 1.41. The van der Waals surface area contributed by atoms with Gasteiger partial charge in [-0.25, -0.2) is 9.59 Å². The number of carbonyl (C=O) groups excluding carboxylic acids is 4. The van der Waals surface area contributed by atoms with Crippen LogP contribution in [0.3, 0.4) is 0 Å². The Morgan fingerprint density at radius 2 is 1.89 bits per heavy atom. The minimum Gasteiger partial charge on any atom is -0.490 e. The summed E-state index contributed by atoms with van der Waals surface area (Å²) in [5.41, 5.74) is 0.464. The molecule has 5 rings (SSSR count). The summed E-state index contributed by atoms with van der Waals surface area (Å²) in [6.07, 6.45) is 5.30. The van der Waals surface area contributed by atoms with Crippen molar-refractivity contribution in [3.05, 3.63) is 63.1 Å². The number of ether oxygens (including phenoxy) is 2. The topological polar surface area (TPSA) is 102 Å². The second-order valence-corrected chi connectivity index (χ2v) is 10.2. The van der Waals surface area contributed by atoms with Gasteiger partial charge in [-0.2, -0.15) is 0 Å². The van der Waals surface area contributed by atoms with E-state index in [0.717, 1.165) is 25.7 Å². The molecule has 3 fully saturated rings. The van der Waals surface area contributed by atoms with Gasteiger partial charge in [-0.05, 0) is 80.0 Å². The fraction of sp³-hybridized carbons (Fsp3) is 0.333. The molecular formula is C27H24Cl2N2O6. The number of nitrogens with one attached hydrogen (secondary N) is 1. The number of benzene rings is 2. The highest BCUT2D eigenvalue weighted by Gasteiger charge is 2.49. The van der Waals surface area contributed by atoms with Gasteiger partial charge in [-0.15, -0.1) is 0 Å². The van der Waals surface area contributed by atoms with Gasteiger partial charge < -0.3 is 9.47 Å². The van der Waals surface area contributed by atoms with E-state index in [0.29, 0.717) is 16.5 Å². The third-order valence-electron chi connectivity index (χ3n) is 7.10. The van der Waals surface area contributed by atoms with Crippen LogP contribution in [0.15, 0.2) is 42.0 Å². The van der Waals surface area contributed by atoms with Crippen molar-refractivity contribution in [2.45, 2.75) is 38.6 Å². The Hall–Kier alpha value is -3.36. The largest absolute Gasteiger partial charge is 0.490 e. The van der Waals surface area contributed by atoms with Crippen LogP contribution in [0.25, 0.3) is 6.08 Å². The summed E-state index contributed by atoms with van der Waals surface area (Å²) < 4.78 is 11.2. The second-order valence-electron chi connectivity index (χ2n) is 9.39. The predicted octanol–water partition coefficient (Wildman–Crippen LogP) is 5.26. The zero-order chi connectivity index (χ0) is 26.3. The average molecular weight is 543 g/mol. The maximum absolute atomic E-state index is 13.3. The van der Waals surface area contributed by atoms with E-state index in [1.54, 1.807) is 19.1 Å². The summed E-state index contributed by atoms with van der Waals surface area (Å²) in [5.74, 6) is -0.875. The second kappa shape index (κ2) is 10.2. The number of rotatable bonds is 6. The lowest BCUT2D eigenvalue weighted by atomic mass is 9.93. The highest BCUT2D eigenvalue weighted by Crippen LogP contribution is 2.47. The van der Waals surface area contributed by atoms with Gasteiger partial charge in [0, 0.05) is 11.1 Å². The Morgan fingerprint density at radius 1 is 1.08 bits per heavy atom. The number of amides is 4. The van der Waals surface area contributed by atoms with Gasteiger partial charge in [0.05, 0.1) is 17.2 Å². The Morgan fingerprint density at radius 3 is 2.57 bits per heavy atom. The lowest BCUT2D eigenvalue weighted by molar-refractivity contribution is -0.132. The van der Waals surface area contributed by atoms with Crippen LogP contribution in [0.5, 0.6) is 11.5 Å². The molecule has 2 saturated carbocycles. The smallest absolute Gasteiger partial charge is 0.345 e. The lowest BCUT2D eigenvalue weighted by Gasteiger charge is -2.35. The van der Waals surface area contributed by atoms with E-state index >= 15 is 0 Å². The molecule has 2 bridgehead atoms. The molecule has 10 heteroatoms. The molecular weight excluding hydrogens is 519 g/mol. The predicted molar refractivity (Wildman–Crippen MR) is 137 cm³/mol. The first kappa shape index (κ1) is 25.3. The van der Waals surface area contributed by atoms with E-state index in [-0.39, 0.29) is 46.2 Å². The van der Waals surface area contributed by atoms with Crippen LogP contribution in [0.2, 0.25) is 10.0 Å². The standard InChI is InChI=1S/C27H24Cl2N2O6/c1-2-36-23-12-15(4-8-22(23)37-26(34)18-7-6-17(28)13-20(18)29)10-19-24(32)30-27(35)31(25(19)33)21-11-14-3-5-16(21)9-14/h4,6-8,10,12-14,16,21H,2-3,5,9,11H2,1H3,(H,30,32,35)/b19-10+/t14-,16-,21+/m0/s1. The summed E-state index contributed by atoms with van der Waals surface area (Å²) >= 11 is 12.0. The van der Waals surface area contributed by atoms with Gasteiger partial charge in [0.15, 0.2) is 11.5 Å². The lowest BCUT2D eigenvalue weighted by Crippen LogP contribution is -2.58. The highest BCUT2D eigenvalue weighted by molar-refractivity contribution is 6.36. The van der Waals surface area contributed by atoms with E-state index in [1.807, 2.05) is 0 Å². The van der Waals surface area contributed by atoms with Crippen molar-refractivity contribution in [1.29, 1.82) is 0 Å². The number of urea groups is 1. The van der Waals surface area contributed by atoms with Crippen molar-refractivity contribution < 1.29 is 28.7 Å². The molecule has 37 heavy (non-hydrogen) atoms. The molecule has 0 unspecified atom stereocenters. The van der Waals surface area contributed by atoms with Crippen molar-refractivity contribution in [3.8, 4) is 11.5 Å². The van der Waals surface area contributed by atoms with Crippen molar-refractivity contribution in [3.63, 3.8) is 0 Å². The molecule has 0 aromatic heterocycles. The maximum Gasteiger partial charge on any atom is 0.345 e. The van der Waals surface area contributed by atoms with Gasteiger partial charge in [-0.3, -0.25) is 19.8 Å². The Labute approximate surface area is 223 Å². The van der Waals surface area contributed by atoms with Gasteiger partial charge in [0.1, 0.15) is 5.57 Å². The molecule has 192 valence electrons. The van der Waals surface area contributed by atoms with Gasteiger partial charge in [0.2, 0.25) is 0 Å². The molecule has 4 amide bonds. The van der Waals surface area contributed by atoms with E-state index in [4.69, 9.17) is 32.7 Å². The molecule has 1 heterocycles. The van der Waals surface area contributed by atoms with Crippen molar-refractivity contribution in [2.24, 2.45) is 11.8 Å². The normalized spacial score (nSPS) is 24.0. The van der Waals surface area contributed by atoms with Gasteiger partial charge in [-0.1, -0.05) is 35.7 Å². The zero-order valence-corrected chi connectivity index (χ0v) is 21.5. The van der Waals surface area contributed by atoms with Crippen LogP contribution in [-0.4, -0.2) is 41.4 Å². The number of halogens is 2. The molecule has 3 atom stereocenters. The van der Waals surface area contributed by atoms with E-state index in [2.05, 4.69) is 5.32 Å². The fourth-order valence-corrected chi connectivity index (χ4v) is 5.93. The summed E-state index contributed by atoms with van der Waals surface area (Å²) in [6, 6.07) is 8.22. The number of barbiturate groups is 1. The number of carbonyl (C=O) groups is 4. The minimum atomic E-state index is -0.750. The molecule has 2 aromatic carbocycles. The number of imide groups is 2. The average Bonchev–Trinajstić information content (AvgIpc) is 3.47. The van der Waals surface area contributed by atoms with Gasteiger partial charge in [0.25, 0.3) is 11.8 Å². The first-order valence-electron chi connectivity index (χ1n) is 12.1. The molecule has 8 nitrogen and oxygen atoms in total. The molecule has 1 saturated heterocycles. The fourth-order valence-electron chi connectivity index (χ4n) is 5.44. The van der Waals surface area contributed by atoms with E-state index < -0.39 is 23.8 Å². The number of hydrogen-bond donors (Lipinski definition) is 1. The third-order valence-corrected chi connectivity index (χ3v) is 7.65. The highest BCUT2D eigenvalue weighted by atomic mass is 35.5. The number of fused-ring (bicyclic) bond motifs is 2. The molecule has 0 radical (unpaired) electrons. The van der Waals surface area contributed by atoms with Crippen LogP contribution in [-0.2, 0) is 9.59 Å². The van der Waals surface area contributed by atoms with Crippen LogP contribution >= 0.6 is 23.2 Å². The maximum atomic E-state index is 13.3. The molecule has 2 aromatic rings. The summed E-state index contributed by atoms with van der Waals surface area (Å²) in [5, 5.41) is 2.84. The van der Waals surface area contributed by atoms with Crippen molar-refractivity contribution >= 4 is 53.1 Å². The van der Waals surface area contributed by atoms with Crippen molar-refractivity contribution in [1.82, 2.24) is 10.2 Å². The molecule has 1 N–H and O–H groups in total. The Kier molecular flexibility index (Phi) is 6.96. The summed E-state index contributed by atoms with van der Waals surface area (Å²) in [4.78, 5) is 52.4. The minimum absolute atomic E-state index is 0.134. The van der Waals surface area contributed by atoms with Crippen LogP contribution in [0.4, 0.5) is 4.79 Å². The molecule has 1 aliphatic heterocycles. The summed E-state index contributed by atoms with van der Waals surface area (Å²) in [6.45, 7) is 2.04. The monoisotopic (exact) mass is 542 g/mol. The Bertz CT molecular complexity index is 1340. The number of esters is 1. The SMILES string of the molecule is CCOc1cc(/C=C2\C(=O)NC(=O)N([C@@H]3C[C@H]4CC[C@H]3C4)C2=O)ccc1OC(=O)c1ccc(Cl)cc1Cl. The first-order chi connectivity index (χ1) is 17.7. The van der Waals surface area contributed by atoms with Gasteiger partial charge >= 0.3 is 12.0 Å².